The number of esters is 1. The van der Waals surface area contributed by atoms with Gasteiger partial charge in [-0.2, -0.15) is 0 Å². The molecule has 1 aromatic heterocycles. The summed E-state index contributed by atoms with van der Waals surface area (Å²) in [6.45, 7) is 1.60. The van der Waals surface area contributed by atoms with Crippen LogP contribution in [-0.2, 0) is 32.3 Å². The quantitative estimate of drug-likeness (QED) is 0.146. The predicted molar refractivity (Wildman–Crippen MR) is 174 cm³/mol. The van der Waals surface area contributed by atoms with Crippen LogP contribution < -0.4 is 11.5 Å². The number of nitrogens with one attached hydrogen (secondary N) is 1. The Bertz CT molecular complexity index is 1880. The molecule has 1 aliphatic carbocycles. The molecule has 45 heavy (non-hydrogen) atoms. The van der Waals surface area contributed by atoms with Crippen LogP contribution in [0.25, 0.3) is 17.0 Å². The number of guanidine groups is 1. The van der Waals surface area contributed by atoms with Gasteiger partial charge in [-0.05, 0) is 60.2 Å². The van der Waals surface area contributed by atoms with Gasteiger partial charge in [0.25, 0.3) is 5.91 Å². The monoisotopic (exact) mass is 651 g/mol. The molecule has 1 atom stereocenters. The number of ether oxygens (including phenoxy) is 1. The lowest BCUT2D eigenvalue weighted by atomic mass is 9.85. The van der Waals surface area contributed by atoms with Crippen LogP contribution >= 0.6 is 12.4 Å². The highest BCUT2D eigenvalue weighted by molar-refractivity contribution is 7.94. The fourth-order valence-electron chi connectivity index (χ4n) is 5.33. The zero-order valence-corrected chi connectivity index (χ0v) is 26.0. The second-order valence-electron chi connectivity index (χ2n) is 10.1. The number of carbonyl (C=O) groups excluding carboxylic acids is 2. The van der Waals surface area contributed by atoms with Crippen LogP contribution in [0, 0.1) is 5.41 Å². The number of hydrogen-bond acceptors (Lipinski definition) is 8. The smallest absolute Gasteiger partial charge is 0.346 e. The van der Waals surface area contributed by atoms with Crippen molar-refractivity contribution in [2.45, 2.75) is 36.1 Å². The van der Waals surface area contributed by atoms with Crippen LogP contribution in [0.2, 0.25) is 0 Å². The first-order valence-corrected chi connectivity index (χ1v) is 15.1. The molecule has 0 spiro atoms. The number of nitrogens with two attached hydrogens (primary N) is 2. The molecule has 0 radical (unpaired) electrons. The van der Waals surface area contributed by atoms with Gasteiger partial charge in [0.1, 0.15) is 0 Å². The predicted octanol–water partition coefficient (Wildman–Crippen LogP) is 3.39. The highest BCUT2D eigenvalue weighted by Gasteiger charge is 2.53. The van der Waals surface area contributed by atoms with E-state index in [-0.39, 0.29) is 59.9 Å². The van der Waals surface area contributed by atoms with E-state index in [1.54, 1.807) is 49.4 Å². The third-order valence-corrected chi connectivity index (χ3v) is 9.69. The van der Waals surface area contributed by atoms with E-state index in [0.717, 1.165) is 5.56 Å². The van der Waals surface area contributed by atoms with Crippen LogP contribution in [-0.4, -0.2) is 53.1 Å². The van der Waals surface area contributed by atoms with E-state index < -0.39 is 32.5 Å². The molecule has 0 bridgehead atoms. The van der Waals surface area contributed by atoms with Gasteiger partial charge in [0.2, 0.25) is 14.7 Å². The second-order valence-corrected chi connectivity index (χ2v) is 12.2. The average Bonchev–Trinajstić information content (AvgIpc) is 3.02. The molecule has 1 amide bonds. The van der Waals surface area contributed by atoms with Crippen molar-refractivity contribution in [2.24, 2.45) is 11.5 Å². The molecule has 0 fully saturated rings. The summed E-state index contributed by atoms with van der Waals surface area (Å²) in [6, 6.07) is 22.3. The van der Waals surface area contributed by atoms with Crippen molar-refractivity contribution in [2.75, 3.05) is 6.61 Å². The summed E-state index contributed by atoms with van der Waals surface area (Å²) < 4.78 is 33.8. The average molecular weight is 652 g/mol. The zero-order chi connectivity index (χ0) is 30.8. The number of carbonyl (C=O) groups is 2. The standard InChI is InChI=1S/C32H31N5O5S.ClH.H2O/c1-2-42-30(39)32(35,43(40,41)27-15-7-11-22-13-8-18-36-28(22)27)24-16-17-25-23(19-24)12-6-14-26(25)29(38)37(31(33)34)20-21-9-4-3-5-10-21;;/h3-15,18-19H,2,16-17,20,35H2,1H3,(H3,33,34);1H;1H2. The topological polar surface area (TPSA) is 201 Å². The van der Waals surface area contributed by atoms with Gasteiger partial charge in [0.15, 0.2) is 5.96 Å². The number of rotatable bonds is 8. The molecule has 1 unspecified atom stereocenters. The number of sulfone groups is 1. The fraction of sp³-hybridized carbons (Fsp3) is 0.188. The summed E-state index contributed by atoms with van der Waals surface area (Å²) in [6.07, 6.45) is 3.28. The highest BCUT2D eigenvalue weighted by Crippen LogP contribution is 2.39. The van der Waals surface area contributed by atoms with Crippen molar-refractivity contribution in [3.63, 3.8) is 0 Å². The minimum Gasteiger partial charge on any atom is -0.464 e. The van der Waals surface area contributed by atoms with E-state index in [2.05, 4.69) is 4.98 Å². The largest absolute Gasteiger partial charge is 0.464 e. The Morgan fingerprint density at radius 1 is 1.00 bits per heavy atom. The fourth-order valence-corrected chi connectivity index (χ4v) is 7.14. The maximum atomic E-state index is 14.3. The molecule has 1 aliphatic rings. The van der Waals surface area contributed by atoms with Gasteiger partial charge in [-0.25, -0.2) is 13.2 Å². The van der Waals surface area contributed by atoms with Crippen molar-refractivity contribution in [1.82, 2.24) is 9.88 Å². The number of nitrogens with zero attached hydrogens (tertiary/aromatic N) is 2. The van der Waals surface area contributed by atoms with Crippen LogP contribution in [0.5, 0.6) is 0 Å². The Kier molecular flexibility index (Phi) is 10.8. The minimum absolute atomic E-state index is 0. The van der Waals surface area contributed by atoms with Gasteiger partial charge in [0.05, 0.1) is 23.6 Å². The summed E-state index contributed by atoms with van der Waals surface area (Å²) in [7, 11) is -4.58. The van der Waals surface area contributed by atoms with Crippen LogP contribution in [0.15, 0.2) is 95.5 Å². The first kappa shape index (κ1) is 34.9. The first-order chi connectivity index (χ1) is 20.6. The Hall–Kier alpha value is -4.62. The molecule has 11 nitrogen and oxygen atoms in total. The maximum Gasteiger partial charge on any atom is 0.346 e. The number of fused-ring (bicyclic) bond motifs is 2. The van der Waals surface area contributed by atoms with Gasteiger partial charge in [-0.3, -0.25) is 25.8 Å². The normalized spacial score (nSPS) is 13.6. The summed E-state index contributed by atoms with van der Waals surface area (Å²) in [5, 5.41) is 8.64. The molecule has 5 rings (SSSR count). The summed E-state index contributed by atoms with van der Waals surface area (Å²) in [5.74, 6) is -1.98. The second kappa shape index (κ2) is 14.0. The zero-order valence-electron chi connectivity index (χ0n) is 24.4. The molecule has 0 saturated carbocycles. The lowest BCUT2D eigenvalue weighted by Crippen LogP contribution is -2.57. The SMILES string of the molecule is CCOC(=O)C(N)(C1=Cc2cccc(C(=O)N(Cc3ccccc3)C(=N)N)c2CC1)S(=O)(=O)c1cccc2cccnc12.Cl.O. The molecular weight excluding hydrogens is 618 g/mol. The van der Waals surface area contributed by atoms with E-state index >= 15 is 0 Å². The number of halogens is 1. The molecule has 236 valence electrons. The number of hydrogen-bond donors (Lipinski definition) is 3. The van der Waals surface area contributed by atoms with Gasteiger partial charge in [-0.1, -0.05) is 66.7 Å². The Morgan fingerprint density at radius 2 is 1.69 bits per heavy atom. The lowest BCUT2D eigenvalue weighted by Gasteiger charge is -2.32. The Morgan fingerprint density at radius 3 is 2.38 bits per heavy atom. The summed E-state index contributed by atoms with van der Waals surface area (Å²) in [4.78, 5) is 29.8. The van der Waals surface area contributed by atoms with Crippen molar-refractivity contribution >= 4 is 57.1 Å². The molecule has 0 aliphatic heterocycles. The number of para-hydroxylation sites is 1. The highest BCUT2D eigenvalue weighted by atomic mass is 35.5. The van der Waals surface area contributed by atoms with E-state index in [4.69, 9.17) is 21.6 Å². The molecule has 7 N–H and O–H groups in total. The van der Waals surface area contributed by atoms with Gasteiger partial charge in [0, 0.05) is 17.1 Å². The van der Waals surface area contributed by atoms with Gasteiger partial charge >= 0.3 is 5.97 Å². The van der Waals surface area contributed by atoms with Crippen LogP contribution in [0.1, 0.15) is 40.4 Å². The third kappa shape index (κ3) is 6.31. The van der Waals surface area contributed by atoms with Crippen molar-refractivity contribution in [3.8, 4) is 0 Å². The molecule has 0 saturated heterocycles. The molecular formula is C32H34ClN5O6S. The third-order valence-electron chi connectivity index (χ3n) is 7.50. The Balaban J connectivity index is 0.00000276. The lowest BCUT2D eigenvalue weighted by molar-refractivity contribution is -0.145. The molecule has 3 aromatic carbocycles. The van der Waals surface area contributed by atoms with Crippen molar-refractivity contribution in [1.29, 1.82) is 5.41 Å². The molecule has 4 aromatic rings. The van der Waals surface area contributed by atoms with Gasteiger partial charge < -0.3 is 15.9 Å². The Labute approximate surface area is 267 Å². The van der Waals surface area contributed by atoms with E-state index in [1.165, 1.54) is 23.2 Å². The number of aromatic nitrogens is 1. The number of amides is 1. The molecule has 13 heteroatoms. The summed E-state index contributed by atoms with van der Waals surface area (Å²) >= 11 is 0. The molecule has 1 heterocycles. The first-order valence-electron chi connectivity index (χ1n) is 13.7. The van der Waals surface area contributed by atoms with Gasteiger partial charge in [-0.15, -0.1) is 12.4 Å². The maximum absolute atomic E-state index is 14.3. The van der Waals surface area contributed by atoms with Crippen LogP contribution in [0.4, 0.5) is 0 Å². The number of pyridine rings is 1. The summed E-state index contributed by atoms with van der Waals surface area (Å²) in [5.41, 5.74) is 15.1. The van der Waals surface area contributed by atoms with Crippen molar-refractivity contribution < 1.29 is 28.2 Å². The van der Waals surface area contributed by atoms with Crippen molar-refractivity contribution in [3.05, 3.63) is 113 Å². The van der Waals surface area contributed by atoms with E-state index in [1.807, 2.05) is 30.3 Å². The van der Waals surface area contributed by atoms with Crippen LogP contribution in [0.3, 0.4) is 0 Å². The van der Waals surface area contributed by atoms with E-state index in [0.29, 0.717) is 22.1 Å². The van der Waals surface area contributed by atoms with E-state index in [9.17, 15) is 18.0 Å². The number of benzene rings is 3. The minimum atomic E-state index is -4.58.